The molecule has 0 unspecified atom stereocenters. The highest BCUT2D eigenvalue weighted by Gasteiger charge is 2.44. The minimum Gasteiger partial charge on any atom is -0.438 e. The van der Waals surface area contributed by atoms with Crippen LogP contribution >= 0.6 is 0 Å². The monoisotopic (exact) mass is 519 g/mol. The molecule has 2 fully saturated rings. The van der Waals surface area contributed by atoms with Crippen molar-refractivity contribution in [1.82, 2.24) is 19.7 Å². The lowest BCUT2D eigenvalue weighted by molar-refractivity contribution is -0.177. The number of aromatic nitrogens is 3. The molecule has 3 aromatic rings. The van der Waals surface area contributed by atoms with Crippen molar-refractivity contribution >= 4 is 28.6 Å². The minimum absolute atomic E-state index is 0.0180. The van der Waals surface area contributed by atoms with Gasteiger partial charge in [-0.1, -0.05) is 0 Å². The fourth-order valence-electron chi connectivity index (χ4n) is 5.66. The number of rotatable bonds is 5. The number of nitrogen functional groups attached to an aromatic ring is 1. The Morgan fingerprint density at radius 2 is 1.92 bits per heavy atom. The summed E-state index contributed by atoms with van der Waals surface area (Å²) in [5.41, 5.74) is 14.7. The molecule has 5 rings (SSSR count). The summed E-state index contributed by atoms with van der Waals surface area (Å²) < 4.78 is 47.7. The van der Waals surface area contributed by atoms with Crippen LogP contribution in [-0.4, -0.2) is 70.9 Å². The molecule has 0 radical (unpaired) electrons. The molecule has 0 aliphatic carbocycles. The number of nitrogens with zero attached hydrogens (tertiary/aromatic N) is 5. The van der Waals surface area contributed by atoms with E-state index in [9.17, 15) is 18.0 Å². The number of ketones is 1. The Balaban J connectivity index is 1.39. The van der Waals surface area contributed by atoms with Crippen LogP contribution < -0.4 is 16.4 Å². The number of hydrogen-bond acceptors (Lipinski definition) is 8. The average molecular weight is 520 g/mol. The fourth-order valence-corrected chi connectivity index (χ4v) is 5.66. The van der Waals surface area contributed by atoms with Crippen LogP contribution in [0.15, 0.2) is 22.9 Å². The number of Topliss-reactive ketones (excluding diaryl/α,β-unsaturated/α-hetero) is 1. The van der Waals surface area contributed by atoms with Gasteiger partial charge in [-0.3, -0.25) is 14.5 Å². The van der Waals surface area contributed by atoms with Crippen LogP contribution in [0.1, 0.15) is 46.7 Å². The molecule has 2 aliphatic heterocycles. The molecule has 0 spiro atoms. The van der Waals surface area contributed by atoms with Crippen LogP contribution in [0.2, 0.25) is 0 Å². The Kier molecular flexibility index (Phi) is 6.65. The highest BCUT2D eigenvalue weighted by atomic mass is 19.4. The van der Waals surface area contributed by atoms with Crippen LogP contribution in [0, 0.1) is 5.92 Å². The van der Waals surface area contributed by atoms with Gasteiger partial charge < -0.3 is 25.7 Å². The number of alkyl halides is 3. The van der Waals surface area contributed by atoms with Gasteiger partial charge in [-0.05, 0) is 56.9 Å². The Labute approximate surface area is 212 Å². The molecule has 12 heteroatoms. The highest BCUT2D eigenvalue weighted by molar-refractivity contribution is 6.10. The number of carbonyl (C=O) groups excluding carboxylic acids is 1. The first-order valence-corrected chi connectivity index (χ1v) is 12.5. The zero-order chi connectivity index (χ0) is 26.5. The molecule has 5 heterocycles. The number of halogens is 3. The number of piperidine rings is 2. The lowest BCUT2D eigenvalue weighted by Crippen LogP contribution is -2.51. The van der Waals surface area contributed by atoms with E-state index in [-0.39, 0.29) is 43.2 Å². The standard InChI is InChI=1S/C25H32F3N7O2/c1-33-5-3-14(4-6-33)15-8-20-22(31-10-15)21(23(30)37-20)19(36)7-16-11-32-34(2)24(16)35-12-17(25(26,27)28)9-18(29)13-35/h8,10-11,14,17-18H,3-7,9,12-13,29-30H2,1-2H3/t17-,18+/m1/s1. The van der Waals surface area contributed by atoms with E-state index in [2.05, 4.69) is 22.0 Å². The quantitative estimate of drug-likeness (QED) is 0.494. The van der Waals surface area contributed by atoms with Crippen LogP contribution in [0.4, 0.5) is 24.9 Å². The Bertz CT molecular complexity index is 1290. The molecule has 0 aromatic carbocycles. The van der Waals surface area contributed by atoms with Gasteiger partial charge in [0, 0.05) is 44.4 Å². The van der Waals surface area contributed by atoms with Crippen molar-refractivity contribution in [2.24, 2.45) is 18.7 Å². The minimum atomic E-state index is -4.35. The Hall–Kier alpha value is -3.12. The molecule has 0 amide bonds. The number of fused-ring (bicyclic) bond motifs is 1. The number of likely N-dealkylation sites (tertiary alicyclic amines) is 1. The van der Waals surface area contributed by atoms with Crippen molar-refractivity contribution in [2.75, 3.05) is 43.9 Å². The van der Waals surface area contributed by atoms with Crippen LogP contribution in [-0.2, 0) is 13.5 Å². The van der Waals surface area contributed by atoms with Crippen molar-refractivity contribution in [3.05, 3.63) is 35.2 Å². The van der Waals surface area contributed by atoms with Gasteiger partial charge in [-0.15, -0.1) is 0 Å². The Morgan fingerprint density at radius 1 is 1.19 bits per heavy atom. The van der Waals surface area contributed by atoms with Gasteiger partial charge in [-0.25, -0.2) is 0 Å². The summed E-state index contributed by atoms with van der Waals surface area (Å²) in [7, 11) is 3.74. The maximum absolute atomic E-state index is 13.5. The summed E-state index contributed by atoms with van der Waals surface area (Å²) in [5.74, 6) is -1.09. The second kappa shape index (κ2) is 9.64. The third-order valence-corrected chi connectivity index (χ3v) is 7.62. The van der Waals surface area contributed by atoms with E-state index in [0.717, 1.165) is 31.5 Å². The predicted molar refractivity (Wildman–Crippen MR) is 133 cm³/mol. The zero-order valence-corrected chi connectivity index (χ0v) is 21.0. The van der Waals surface area contributed by atoms with Gasteiger partial charge in [0.25, 0.3) is 0 Å². The summed E-state index contributed by atoms with van der Waals surface area (Å²) >= 11 is 0. The molecule has 2 atom stereocenters. The van der Waals surface area contributed by atoms with Gasteiger partial charge in [0.15, 0.2) is 11.4 Å². The van der Waals surface area contributed by atoms with Crippen molar-refractivity contribution < 1.29 is 22.4 Å². The van der Waals surface area contributed by atoms with E-state index in [0.29, 0.717) is 28.4 Å². The average Bonchev–Trinajstić information content (AvgIpc) is 3.36. The largest absolute Gasteiger partial charge is 0.438 e. The van der Waals surface area contributed by atoms with Crippen molar-refractivity contribution in [3.63, 3.8) is 0 Å². The van der Waals surface area contributed by atoms with Crippen LogP contribution in [0.5, 0.6) is 0 Å². The molecule has 200 valence electrons. The van der Waals surface area contributed by atoms with Crippen LogP contribution in [0.25, 0.3) is 11.1 Å². The van der Waals surface area contributed by atoms with Gasteiger partial charge in [-0.2, -0.15) is 18.3 Å². The van der Waals surface area contributed by atoms with E-state index < -0.39 is 18.1 Å². The van der Waals surface area contributed by atoms with Crippen molar-refractivity contribution in [3.8, 4) is 0 Å². The second-order valence-electron chi connectivity index (χ2n) is 10.4. The summed E-state index contributed by atoms with van der Waals surface area (Å²) in [6.45, 7) is 2.01. The summed E-state index contributed by atoms with van der Waals surface area (Å²) in [6.07, 6.45) is 0.729. The number of nitrogens with two attached hydrogens (primary N) is 2. The molecule has 2 aliphatic rings. The van der Waals surface area contributed by atoms with Gasteiger partial charge in [0.05, 0.1) is 12.1 Å². The third-order valence-electron chi connectivity index (χ3n) is 7.62. The van der Waals surface area contributed by atoms with Crippen molar-refractivity contribution in [1.29, 1.82) is 0 Å². The summed E-state index contributed by atoms with van der Waals surface area (Å²) in [5, 5.41) is 4.22. The Morgan fingerprint density at radius 3 is 2.62 bits per heavy atom. The molecule has 3 aromatic heterocycles. The van der Waals surface area contributed by atoms with E-state index in [1.165, 1.54) is 10.9 Å². The van der Waals surface area contributed by atoms with Gasteiger partial charge in [0.2, 0.25) is 5.88 Å². The van der Waals surface area contributed by atoms with E-state index in [1.807, 2.05) is 6.07 Å². The number of aryl methyl sites for hydroxylation is 1. The lowest BCUT2D eigenvalue weighted by atomic mass is 9.90. The third kappa shape index (κ3) is 5.04. The number of furan rings is 1. The SMILES string of the molecule is CN1CCC(c2cnc3c(C(=O)Cc4cnn(C)c4N4C[C@@H](N)C[C@@H](C(F)(F)F)C4)c(N)oc3c2)CC1. The summed E-state index contributed by atoms with van der Waals surface area (Å²) in [4.78, 5) is 21.8. The number of hydrogen-bond donors (Lipinski definition) is 2. The number of pyridine rings is 1. The summed E-state index contributed by atoms with van der Waals surface area (Å²) in [6, 6.07) is 1.27. The fraction of sp³-hybridized carbons (Fsp3) is 0.560. The number of carbonyl (C=O) groups is 1. The van der Waals surface area contributed by atoms with Crippen LogP contribution in [0.3, 0.4) is 0 Å². The number of anilines is 2. The molecule has 0 saturated carbocycles. The second-order valence-corrected chi connectivity index (χ2v) is 10.4. The van der Waals surface area contributed by atoms with Gasteiger partial charge in [0.1, 0.15) is 16.9 Å². The molecular formula is C25H32F3N7O2. The van der Waals surface area contributed by atoms with E-state index >= 15 is 0 Å². The van der Waals surface area contributed by atoms with Crippen molar-refractivity contribution in [2.45, 2.75) is 43.8 Å². The molecule has 4 N–H and O–H groups in total. The molecule has 2 saturated heterocycles. The maximum Gasteiger partial charge on any atom is 0.393 e. The molecule has 37 heavy (non-hydrogen) atoms. The first kappa shape index (κ1) is 25.5. The normalized spacial score (nSPS) is 22.2. The maximum atomic E-state index is 13.5. The predicted octanol–water partition coefficient (Wildman–Crippen LogP) is 3.09. The zero-order valence-electron chi connectivity index (χ0n) is 21.0. The molecule has 0 bridgehead atoms. The highest BCUT2D eigenvalue weighted by Crippen LogP contribution is 2.37. The van der Waals surface area contributed by atoms with E-state index in [4.69, 9.17) is 15.9 Å². The lowest BCUT2D eigenvalue weighted by Gasteiger charge is -2.38. The first-order chi connectivity index (χ1) is 17.5. The van der Waals surface area contributed by atoms with E-state index in [1.54, 1.807) is 18.1 Å². The molecular weight excluding hydrogens is 487 g/mol. The molecule has 9 nitrogen and oxygen atoms in total. The first-order valence-electron chi connectivity index (χ1n) is 12.5. The van der Waals surface area contributed by atoms with Gasteiger partial charge >= 0.3 is 6.18 Å². The smallest absolute Gasteiger partial charge is 0.393 e. The topological polar surface area (TPSA) is 119 Å².